The Morgan fingerprint density at radius 1 is 1.24 bits per heavy atom. The Kier molecular flexibility index (Phi) is 6.43. The van der Waals surface area contributed by atoms with Gasteiger partial charge in [0, 0.05) is 35.6 Å². The molecule has 7 heteroatoms. The molecular weight excluding hydrogens is 419 g/mol. The number of nitrogens with two attached hydrogens (primary N) is 1. The third kappa shape index (κ3) is 4.74. The van der Waals surface area contributed by atoms with Crippen LogP contribution in [0.5, 0.6) is 0 Å². The van der Waals surface area contributed by atoms with Gasteiger partial charge in [0.25, 0.3) is 11.8 Å². The monoisotopic (exact) mass is 452 g/mol. The van der Waals surface area contributed by atoms with Gasteiger partial charge >= 0.3 is 0 Å². The Hall–Kier alpha value is -2.93. The summed E-state index contributed by atoms with van der Waals surface area (Å²) in [5.74, 6) is -0.939. The number of carbonyl (C=O) groups excluding carboxylic acids is 2. The molecule has 1 fully saturated rings. The van der Waals surface area contributed by atoms with Crippen LogP contribution in [0.2, 0.25) is 0 Å². The highest BCUT2D eigenvalue weighted by Crippen LogP contribution is 2.41. The first kappa shape index (κ1) is 23.2. The number of aryl methyl sites for hydroxylation is 2. The van der Waals surface area contributed by atoms with Gasteiger partial charge in [-0.25, -0.2) is 4.39 Å². The summed E-state index contributed by atoms with van der Waals surface area (Å²) in [6.45, 7) is 8.12. The molecule has 1 aliphatic carbocycles. The largest absolute Gasteiger partial charge is 0.359 e. The number of nitrogens with one attached hydrogen (secondary N) is 2. The van der Waals surface area contributed by atoms with Gasteiger partial charge in [-0.05, 0) is 89.1 Å². The van der Waals surface area contributed by atoms with E-state index in [0.717, 1.165) is 42.6 Å². The number of fused-ring (bicyclic) bond motifs is 1. The van der Waals surface area contributed by atoms with Crippen molar-refractivity contribution in [3.63, 3.8) is 0 Å². The quantitative estimate of drug-likeness (QED) is 0.590. The number of benzene rings is 1. The number of halogens is 1. The van der Waals surface area contributed by atoms with E-state index in [0.29, 0.717) is 29.3 Å². The maximum absolute atomic E-state index is 15.1. The van der Waals surface area contributed by atoms with E-state index in [2.05, 4.69) is 10.3 Å². The van der Waals surface area contributed by atoms with Crippen molar-refractivity contribution in [3.8, 4) is 0 Å². The van der Waals surface area contributed by atoms with Crippen molar-refractivity contribution in [2.24, 2.45) is 11.7 Å². The zero-order valence-corrected chi connectivity index (χ0v) is 19.8. The predicted molar refractivity (Wildman–Crippen MR) is 129 cm³/mol. The summed E-state index contributed by atoms with van der Waals surface area (Å²) in [6, 6.07) is 4.97. The first-order valence-corrected chi connectivity index (χ1v) is 11.7. The Balaban J connectivity index is 1.76. The minimum absolute atomic E-state index is 0.0425. The SMILES string of the molecule is Cc1cc(C)c(/C=C2\C(=O)N(CC3CCC(N)CC3)c3cc(C(=O)NC(C)C)c(F)cc32)[nH]1. The third-order valence-corrected chi connectivity index (χ3v) is 6.62. The molecule has 2 aromatic rings. The maximum Gasteiger partial charge on any atom is 0.259 e. The van der Waals surface area contributed by atoms with Crippen LogP contribution >= 0.6 is 0 Å². The first-order valence-electron chi connectivity index (χ1n) is 11.7. The molecule has 2 aliphatic rings. The van der Waals surface area contributed by atoms with E-state index in [9.17, 15) is 9.59 Å². The van der Waals surface area contributed by atoms with Gasteiger partial charge in [0.1, 0.15) is 5.82 Å². The minimum Gasteiger partial charge on any atom is -0.359 e. The summed E-state index contributed by atoms with van der Waals surface area (Å²) in [5.41, 5.74) is 10.4. The predicted octanol–water partition coefficient (Wildman–Crippen LogP) is 4.31. The van der Waals surface area contributed by atoms with Gasteiger partial charge in [0.2, 0.25) is 0 Å². The van der Waals surface area contributed by atoms with Crippen LogP contribution in [0.4, 0.5) is 10.1 Å². The summed E-state index contributed by atoms with van der Waals surface area (Å²) in [7, 11) is 0. The minimum atomic E-state index is -0.629. The topological polar surface area (TPSA) is 91.2 Å². The number of H-pyrrole nitrogens is 1. The number of aromatic nitrogens is 1. The van der Waals surface area contributed by atoms with Crippen LogP contribution < -0.4 is 16.0 Å². The Morgan fingerprint density at radius 3 is 2.55 bits per heavy atom. The molecule has 176 valence electrons. The molecule has 2 heterocycles. The lowest BCUT2D eigenvalue weighted by molar-refractivity contribution is -0.113. The lowest BCUT2D eigenvalue weighted by Crippen LogP contribution is -2.36. The summed E-state index contributed by atoms with van der Waals surface area (Å²) in [6.07, 6.45) is 5.59. The van der Waals surface area contributed by atoms with Gasteiger partial charge in [0.05, 0.1) is 16.8 Å². The molecule has 1 saturated carbocycles. The van der Waals surface area contributed by atoms with Crippen LogP contribution in [-0.2, 0) is 4.79 Å². The van der Waals surface area contributed by atoms with E-state index in [-0.39, 0.29) is 23.6 Å². The molecule has 0 atom stereocenters. The summed E-state index contributed by atoms with van der Waals surface area (Å²) in [5, 5.41) is 2.75. The smallest absolute Gasteiger partial charge is 0.259 e. The van der Waals surface area contributed by atoms with Crippen molar-refractivity contribution >= 4 is 29.2 Å². The van der Waals surface area contributed by atoms with Crippen molar-refractivity contribution in [3.05, 3.63) is 52.1 Å². The second-order valence-electron chi connectivity index (χ2n) is 9.78. The lowest BCUT2D eigenvalue weighted by Gasteiger charge is -2.30. The van der Waals surface area contributed by atoms with E-state index >= 15 is 4.39 Å². The van der Waals surface area contributed by atoms with Crippen molar-refractivity contribution in [2.75, 3.05) is 11.4 Å². The molecule has 2 amide bonds. The first-order chi connectivity index (χ1) is 15.6. The molecule has 4 rings (SSSR count). The molecule has 0 radical (unpaired) electrons. The molecule has 0 unspecified atom stereocenters. The van der Waals surface area contributed by atoms with E-state index < -0.39 is 11.7 Å². The number of anilines is 1. The van der Waals surface area contributed by atoms with Crippen LogP contribution in [0.15, 0.2) is 18.2 Å². The van der Waals surface area contributed by atoms with Crippen molar-refractivity contribution in [1.82, 2.24) is 10.3 Å². The third-order valence-electron chi connectivity index (χ3n) is 6.62. The van der Waals surface area contributed by atoms with E-state index in [1.165, 1.54) is 12.1 Å². The molecule has 0 saturated heterocycles. The number of amides is 2. The maximum atomic E-state index is 15.1. The number of rotatable bonds is 5. The molecule has 0 bridgehead atoms. The average Bonchev–Trinajstić information content (AvgIpc) is 3.18. The van der Waals surface area contributed by atoms with Crippen LogP contribution in [0.3, 0.4) is 0 Å². The summed E-state index contributed by atoms with van der Waals surface area (Å²) >= 11 is 0. The molecule has 0 spiro atoms. The van der Waals surface area contributed by atoms with E-state index in [4.69, 9.17) is 5.73 Å². The fourth-order valence-corrected chi connectivity index (χ4v) is 4.88. The van der Waals surface area contributed by atoms with Gasteiger partial charge in [-0.2, -0.15) is 0 Å². The average molecular weight is 453 g/mol. The number of hydrogen-bond acceptors (Lipinski definition) is 3. The highest BCUT2D eigenvalue weighted by atomic mass is 19.1. The van der Waals surface area contributed by atoms with Crippen molar-refractivity contribution in [1.29, 1.82) is 0 Å². The normalized spacial score (nSPS) is 21.7. The van der Waals surface area contributed by atoms with Crippen molar-refractivity contribution < 1.29 is 14.0 Å². The molecule has 33 heavy (non-hydrogen) atoms. The Labute approximate surface area is 194 Å². The Morgan fingerprint density at radius 2 is 1.94 bits per heavy atom. The van der Waals surface area contributed by atoms with Gasteiger partial charge in [-0.15, -0.1) is 0 Å². The van der Waals surface area contributed by atoms with E-state index in [1.54, 1.807) is 11.0 Å². The van der Waals surface area contributed by atoms with Crippen LogP contribution in [0.1, 0.15) is 72.4 Å². The van der Waals surface area contributed by atoms with Gasteiger partial charge in [-0.3, -0.25) is 9.59 Å². The molecule has 4 N–H and O–H groups in total. The zero-order chi connectivity index (χ0) is 23.9. The second-order valence-corrected chi connectivity index (χ2v) is 9.78. The van der Waals surface area contributed by atoms with Gasteiger partial charge in [0.15, 0.2) is 0 Å². The highest BCUT2D eigenvalue weighted by Gasteiger charge is 2.36. The van der Waals surface area contributed by atoms with Gasteiger partial charge < -0.3 is 20.9 Å². The second kappa shape index (κ2) is 9.14. The number of aromatic amines is 1. The molecule has 1 aromatic heterocycles. The van der Waals surface area contributed by atoms with Crippen molar-refractivity contribution in [2.45, 2.75) is 65.5 Å². The summed E-state index contributed by atoms with van der Waals surface area (Å²) < 4.78 is 15.1. The Bertz CT molecular complexity index is 1110. The standard InChI is InChI=1S/C26H33FN4O2/c1-14(2)29-25(32)21-12-24-19(10-22(21)27)20(11-23-15(3)9-16(4)30-23)26(33)31(24)13-17-5-7-18(28)8-6-17/h9-12,14,17-18,30H,5-8,13,28H2,1-4H3,(H,29,32)/b20-11-. The van der Waals surface area contributed by atoms with E-state index in [1.807, 2.05) is 33.8 Å². The molecular formula is C26H33FN4O2. The highest BCUT2D eigenvalue weighted by molar-refractivity contribution is 6.36. The fourth-order valence-electron chi connectivity index (χ4n) is 4.88. The zero-order valence-electron chi connectivity index (χ0n) is 19.8. The molecule has 1 aromatic carbocycles. The molecule has 6 nitrogen and oxygen atoms in total. The summed E-state index contributed by atoms with van der Waals surface area (Å²) in [4.78, 5) is 31.2. The number of nitrogens with zero attached hydrogens (tertiary/aromatic N) is 1. The lowest BCUT2D eigenvalue weighted by atomic mass is 9.86. The fraction of sp³-hybridized carbons (Fsp3) is 0.462. The number of hydrogen-bond donors (Lipinski definition) is 3. The molecule has 1 aliphatic heterocycles. The van der Waals surface area contributed by atoms with Crippen LogP contribution in [-0.4, -0.2) is 35.4 Å². The number of carbonyl (C=O) groups is 2. The van der Waals surface area contributed by atoms with Crippen LogP contribution in [0, 0.1) is 25.6 Å². The van der Waals surface area contributed by atoms with Gasteiger partial charge in [-0.1, -0.05) is 0 Å². The van der Waals surface area contributed by atoms with Crippen LogP contribution in [0.25, 0.3) is 11.6 Å².